The second-order valence-corrected chi connectivity index (χ2v) is 9.24. The number of piperidine rings is 1. The molecule has 2 aliphatic heterocycles. The predicted octanol–water partition coefficient (Wildman–Crippen LogP) is 1.13. The highest BCUT2D eigenvalue weighted by Crippen LogP contribution is 2.22. The Balaban J connectivity index is 1.56. The summed E-state index contributed by atoms with van der Waals surface area (Å²) in [5, 5.41) is 3.33. The van der Waals surface area contributed by atoms with Crippen molar-refractivity contribution in [3.63, 3.8) is 0 Å². The van der Waals surface area contributed by atoms with E-state index in [1.165, 1.54) is 0 Å². The number of carbonyl (C=O) groups excluding carboxylic acids is 1. The van der Waals surface area contributed by atoms with Gasteiger partial charge >= 0.3 is 6.09 Å². The Kier molecular flexibility index (Phi) is 6.03. The number of sulfone groups is 1. The van der Waals surface area contributed by atoms with Crippen LogP contribution in [0.15, 0.2) is 12.3 Å². The van der Waals surface area contributed by atoms with Gasteiger partial charge in [0.15, 0.2) is 9.84 Å². The van der Waals surface area contributed by atoms with Crippen LogP contribution in [0.25, 0.3) is 0 Å². The lowest BCUT2D eigenvalue weighted by Gasteiger charge is -2.31. The minimum Gasteiger partial charge on any atom is -0.450 e. The second kappa shape index (κ2) is 8.28. The zero-order chi connectivity index (χ0) is 19.4. The number of aromatic nitrogens is 2. The number of likely N-dealkylation sites (tertiary alicyclic amines) is 1. The first-order valence-corrected chi connectivity index (χ1v) is 11.1. The fourth-order valence-electron chi connectivity index (χ4n) is 3.49. The van der Waals surface area contributed by atoms with E-state index in [0.717, 1.165) is 12.8 Å². The molecule has 2 saturated heterocycles. The normalized spacial score (nSPS) is 22.4. The number of nitrogens with zero attached hydrogens (tertiary/aromatic N) is 4. The highest BCUT2D eigenvalue weighted by atomic mass is 32.2. The van der Waals surface area contributed by atoms with E-state index in [0.29, 0.717) is 37.9 Å². The molecule has 10 heteroatoms. The number of anilines is 2. The maximum absolute atomic E-state index is 11.8. The number of ether oxygens (including phenoxy) is 1. The highest BCUT2D eigenvalue weighted by molar-refractivity contribution is 7.91. The van der Waals surface area contributed by atoms with Gasteiger partial charge in [-0.15, -0.1) is 0 Å². The van der Waals surface area contributed by atoms with Gasteiger partial charge in [0.1, 0.15) is 5.82 Å². The Hall–Kier alpha value is -2.10. The SMILES string of the molecule is CCOC(=O)N1CCC(Nc2nccc(N(C)C3CCS(=O)(=O)C3)n2)CC1. The molecule has 1 atom stereocenters. The summed E-state index contributed by atoms with van der Waals surface area (Å²) < 4.78 is 28.5. The third kappa shape index (κ3) is 5.00. The van der Waals surface area contributed by atoms with Crippen LogP contribution in [0.4, 0.5) is 16.6 Å². The van der Waals surface area contributed by atoms with E-state index in [9.17, 15) is 13.2 Å². The van der Waals surface area contributed by atoms with Gasteiger partial charge in [-0.2, -0.15) is 4.98 Å². The Bertz CT molecular complexity index is 764. The summed E-state index contributed by atoms with van der Waals surface area (Å²) in [7, 11) is -1.07. The molecule has 150 valence electrons. The van der Waals surface area contributed by atoms with Crippen LogP contribution >= 0.6 is 0 Å². The standard InChI is InChI=1S/C17H27N5O4S/c1-3-26-17(23)22-9-5-13(6-10-22)19-16-18-8-4-15(20-16)21(2)14-7-11-27(24,25)12-14/h4,8,13-14H,3,5-7,9-12H2,1-2H3,(H,18,19,20). The van der Waals surface area contributed by atoms with Gasteiger partial charge in [-0.3, -0.25) is 0 Å². The molecule has 0 spiro atoms. The number of amides is 1. The number of hydrogen-bond donors (Lipinski definition) is 1. The van der Waals surface area contributed by atoms with Gasteiger partial charge < -0.3 is 19.9 Å². The van der Waals surface area contributed by atoms with Crippen LogP contribution < -0.4 is 10.2 Å². The molecule has 0 aliphatic carbocycles. The molecule has 1 aromatic heterocycles. The van der Waals surface area contributed by atoms with Crippen LogP contribution in [0.5, 0.6) is 0 Å². The second-order valence-electron chi connectivity index (χ2n) is 7.01. The van der Waals surface area contributed by atoms with E-state index in [2.05, 4.69) is 15.3 Å². The van der Waals surface area contributed by atoms with Crippen LogP contribution in [0.1, 0.15) is 26.2 Å². The summed E-state index contributed by atoms with van der Waals surface area (Å²) in [6.07, 6.45) is 3.63. The van der Waals surface area contributed by atoms with E-state index in [4.69, 9.17) is 4.74 Å². The van der Waals surface area contributed by atoms with Crippen LogP contribution in [-0.2, 0) is 14.6 Å². The first-order valence-electron chi connectivity index (χ1n) is 9.32. The smallest absolute Gasteiger partial charge is 0.409 e. The minimum absolute atomic E-state index is 0.0504. The summed E-state index contributed by atoms with van der Waals surface area (Å²) in [5.41, 5.74) is 0. The monoisotopic (exact) mass is 397 g/mol. The first kappa shape index (κ1) is 19.7. The number of hydrogen-bond acceptors (Lipinski definition) is 8. The molecule has 3 rings (SSSR count). The van der Waals surface area contributed by atoms with Crippen molar-refractivity contribution in [2.24, 2.45) is 0 Å². The lowest BCUT2D eigenvalue weighted by Crippen LogP contribution is -2.42. The van der Waals surface area contributed by atoms with E-state index >= 15 is 0 Å². The van der Waals surface area contributed by atoms with Gasteiger partial charge in [-0.1, -0.05) is 0 Å². The molecule has 1 amide bonds. The van der Waals surface area contributed by atoms with E-state index in [-0.39, 0.29) is 29.7 Å². The molecule has 2 aliphatic rings. The van der Waals surface area contributed by atoms with Crippen molar-refractivity contribution in [2.45, 2.75) is 38.3 Å². The van der Waals surface area contributed by atoms with Crippen molar-refractivity contribution in [3.05, 3.63) is 12.3 Å². The van der Waals surface area contributed by atoms with Crippen molar-refractivity contribution >= 4 is 27.7 Å². The maximum Gasteiger partial charge on any atom is 0.409 e. The summed E-state index contributed by atoms with van der Waals surface area (Å²) in [6, 6.07) is 1.92. The summed E-state index contributed by atoms with van der Waals surface area (Å²) in [4.78, 5) is 24.2. The third-order valence-electron chi connectivity index (χ3n) is 5.11. The van der Waals surface area contributed by atoms with Crippen molar-refractivity contribution in [3.8, 4) is 0 Å². The summed E-state index contributed by atoms with van der Waals surface area (Å²) in [5.74, 6) is 1.63. The van der Waals surface area contributed by atoms with Gasteiger partial charge in [0.25, 0.3) is 0 Å². The van der Waals surface area contributed by atoms with E-state index in [1.54, 1.807) is 24.1 Å². The van der Waals surface area contributed by atoms with Crippen molar-refractivity contribution in [2.75, 3.05) is 48.5 Å². The summed E-state index contributed by atoms with van der Waals surface area (Å²) >= 11 is 0. The molecule has 1 unspecified atom stereocenters. The van der Waals surface area contributed by atoms with Crippen LogP contribution in [0.3, 0.4) is 0 Å². The molecule has 0 aromatic carbocycles. The van der Waals surface area contributed by atoms with Crippen molar-refractivity contribution in [1.29, 1.82) is 0 Å². The zero-order valence-electron chi connectivity index (χ0n) is 15.8. The Morgan fingerprint density at radius 3 is 2.74 bits per heavy atom. The third-order valence-corrected chi connectivity index (χ3v) is 6.86. The molecule has 0 bridgehead atoms. The number of nitrogens with one attached hydrogen (secondary N) is 1. The predicted molar refractivity (Wildman–Crippen MR) is 103 cm³/mol. The van der Waals surface area contributed by atoms with Crippen molar-refractivity contribution in [1.82, 2.24) is 14.9 Å². The number of carbonyl (C=O) groups is 1. The van der Waals surface area contributed by atoms with Crippen LogP contribution in [0.2, 0.25) is 0 Å². The van der Waals surface area contributed by atoms with Gasteiger partial charge in [-0.05, 0) is 32.3 Å². The fraction of sp³-hybridized carbons (Fsp3) is 0.706. The van der Waals surface area contributed by atoms with E-state index < -0.39 is 9.84 Å². The van der Waals surface area contributed by atoms with Gasteiger partial charge in [0.2, 0.25) is 5.95 Å². The molecular formula is C17H27N5O4S. The molecule has 0 radical (unpaired) electrons. The quantitative estimate of drug-likeness (QED) is 0.788. The number of rotatable bonds is 5. The average Bonchev–Trinajstić information content (AvgIpc) is 3.02. The largest absolute Gasteiger partial charge is 0.450 e. The minimum atomic E-state index is -2.94. The van der Waals surface area contributed by atoms with Crippen molar-refractivity contribution < 1.29 is 17.9 Å². The highest BCUT2D eigenvalue weighted by Gasteiger charge is 2.31. The molecule has 9 nitrogen and oxygen atoms in total. The van der Waals surface area contributed by atoms with Gasteiger partial charge in [0.05, 0.1) is 18.1 Å². The molecule has 0 saturated carbocycles. The summed E-state index contributed by atoms with van der Waals surface area (Å²) in [6.45, 7) is 3.45. The molecule has 2 fully saturated rings. The molecular weight excluding hydrogens is 370 g/mol. The zero-order valence-corrected chi connectivity index (χ0v) is 16.6. The van der Waals surface area contributed by atoms with Gasteiger partial charge in [0, 0.05) is 38.4 Å². The topological polar surface area (TPSA) is 105 Å². The van der Waals surface area contributed by atoms with Crippen LogP contribution in [-0.4, -0.2) is 79.7 Å². The first-order chi connectivity index (χ1) is 12.9. The van der Waals surface area contributed by atoms with Crippen LogP contribution in [0, 0.1) is 0 Å². The molecule has 27 heavy (non-hydrogen) atoms. The molecule has 1 aromatic rings. The van der Waals surface area contributed by atoms with E-state index in [1.807, 2.05) is 11.9 Å². The molecule has 1 N–H and O–H groups in total. The Morgan fingerprint density at radius 1 is 1.37 bits per heavy atom. The average molecular weight is 398 g/mol. The molecule has 3 heterocycles. The lowest BCUT2D eigenvalue weighted by atomic mass is 10.1. The maximum atomic E-state index is 11.8. The Labute approximate surface area is 160 Å². The lowest BCUT2D eigenvalue weighted by molar-refractivity contribution is 0.0983. The Morgan fingerprint density at radius 2 is 2.11 bits per heavy atom. The fourth-order valence-corrected chi connectivity index (χ4v) is 5.26. The van der Waals surface area contributed by atoms with Gasteiger partial charge in [-0.25, -0.2) is 18.2 Å².